The molecule has 0 bridgehead atoms. The van der Waals surface area contributed by atoms with Crippen LogP contribution in [0.15, 0.2) is 36.4 Å². The Balaban J connectivity index is 2.18. The van der Waals surface area contributed by atoms with Crippen molar-refractivity contribution in [3.63, 3.8) is 0 Å². The lowest BCUT2D eigenvalue weighted by atomic mass is 10.1. The van der Waals surface area contributed by atoms with Crippen LogP contribution < -0.4 is 4.74 Å². The Kier molecular flexibility index (Phi) is 4.59. The first-order valence-corrected chi connectivity index (χ1v) is 7.26. The van der Waals surface area contributed by atoms with E-state index in [0.717, 1.165) is 22.2 Å². The third-order valence-electron chi connectivity index (χ3n) is 3.00. The van der Waals surface area contributed by atoms with Crippen molar-refractivity contribution in [2.24, 2.45) is 0 Å². The van der Waals surface area contributed by atoms with Gasteiger partial charge in [-0.15, -0.1) is 0 Å². The molecule has 100 valence electrons. The highest BCUT2D eigenvalue weighted by Gasteiger charge is 2.08. The Morgan fingerprint density at radius 2 is 1.74 bits per heavy atom. The molecule has 0 aliphatic rings. The number of aryl methyl sites for hydroxylation is 2. The van der Waals surface area contributed by atoms with Crippen molar-refractivity contribution >= 4 is 15.9 Å². The first-order valence-electron chi connectivity index (χ1n) is 6.14. The quantitative estimate of drug-likeness (QED) is 0.726. The van der Waals surface area contributed by atoms with Crippen LogP contribution in [0.5, 0.6) is 5.75 Å². The van der Waals surface area contributed by atoms with Gasteiger partial charge in [-0.05, 0) is 36.6 Å². The minimum absolute atomic E-state index is 0.227. The summed E-state index contributed by atoms with van der Waals surface area (Å²) in [4.78, 5) is 0. The molecular weight excluding hydrogens is 307 g/mol. The Labute approximate surface area is 121 Å². The molecule has 0 N–H and O–H groups in total. The lowest BCUT2D eigenvalue weighted by Gasteiger charge is -2.14. The lowest BCUT2D eigenvalue weighted by Crippen LogP contribution is -2.01. The normalized spacial score (nSPS) is 10.5. The van der Waals surface area contributed by atoms with E-state index in [4.69, 9.17) is 4.74 Å². The third kappa shape index (κ3) is 3.35. The van der Waals surface area contributed by atoms with E-state index in [1.54, 1.807) is 12.1 Å². The van der Waals surface area contributed by atoms with Crippen LogP contribution >= 0.6 is 15.9 Å². The molecule has 0 aliphatic heterocycles. The van der Waals surface area contributed by atoms with Crippen molar-refractivity contribution < 1.29 is 9.13 Å². The van der Waals surface area contributed by atoms with Crippen LogP contribution in [0, 0.1) is 19.7 Å². The molecule has 0 saturated heterocycles. The maximum Gasteiger partial charge on any atom is 0.129 e. The molecule has 19 heavy (non-hydrogen) atoms. The monoisotopic (exact) mass is 322 g/mol. The van der Waals surface area contributed by atoms with Crippen molar-refractivity contribution in [1.82, 2.24) is 0 Å². The molecule has 0 heterocycles. The van der Waals surface area contributed by atoms with Gasteiger partial charge in [0, 0.05) is 10.9 Å². The largest absolute Gasteiger partial charge is 0.488 e. The van der Waals surface area contributed by atoms with E-state index in [1.807, 2.05) is 19.9 Å². The molecule has 2 aromatic rings. The highest BCUT2D eigenvalue weighted by atomic mass is 79.9. The zero-order valence-corrected chi connectivity index (χ0v) is 12.6. The fourth-order valence-electron chi connectivity index (χ4n) is 2.11. The second-order valence-corrected chi connectivity index (χ2v) is 5.13. The molecule has 2 aromatic carbocycles. The molecule has 3 heteroatoms. The molecule has 2 rings (SSSR count). The predicted molar refractivity (Wildman–Crippen MR) is 79.3 cm³/mol. The average Bonchev–Trinajstić information content (AvgIpc) is 2.39. The molecule has 0 saturated carbocycles. The van der Waals surface area contributed by atoms with E-state index >= 15 is 0 Å². The molecule has 0 fully saturated rings. The Hall–Kier alpha value is -1.35. The maximum atomic E-state index is 13.5. The van der Waals surface area contributed by atoms with Crippen LogP contribution in [-0.2, 0) is 11.9 Å². The zero-order chi connectivity index (χ0) is 13.8. The molecule has 0 aromatic heterocycles. The van der Waals surface area contributed by atoms with Crippen molar-refractivity contribution in [2.45, 2.75) is 25.8 Å². The van der Waals surface area contributed by atoms with Crippen molar-refractivity contribution in [3.05, 3.63) is 64.5 Å². The van der Waals surface area contributed by atoms with Crippen LogP contribution in [0.2, 0.25) is 0 Å². The number of benzene rings is 2. The number of ether oxygens (including phenoxy) is 1. The van der Waals surface area contributed by atoms with Gasteiger partial charge in [-0.25, -0.2) is 4.39 Å². The van der Waals surface area contributed by atoms with Crippen LogP contribution in [0.25, 0.3) is 0 Å². The summed E-state index contributed by atoms with van der Waals surface area (Å²) in [6, 6.07) is 10.9. The molecule has 0 amide bonds. The summed E-state index contributed by atoms with van der Waals surface area (Å²) in [6.07, 6.45) is 0. The van der Waals surface area contributed by atoms with E-state index in [-0.39, 0.29) is 12.4 Å². The molecule has 0 spiro atoms. The van der Waals surface area contributed by atoms with Gasteiger partial charge in [-0.3, -0.25) is 0 Å². The predicted octanol–water partition coefficient (Wildman–Crippen LogP) is 4.92. The van der Waals surface area contributed by atoms with Gasteiger partial charge in [-0.1, -0.05) is 46.3 Å². The van der Waals surface area contributed by atoms with Crippen LogP contribution in [0.3, 0.4) is 0 Å². The highest BCUT2D eigenvalue weighted by Crippen LogP contribution is 2.26. The first kappa shape index (κ1) is 14.1. The van der Waals surface area contributed by atoms with E-state index in [1.165, 1.54) is 11.6 Å². The van der Waals surface area contributed by atoms with Crippen LogP contribution in [-0.4, -0.2) is 0 Å². The summed E-state index contributed by atoms with van der Waals surface area (Å²) in [6.45, 7) is 4.27. The second-order valence-electron chi connectivity index (χ2n) is 4.57. The number of rotatable bonds is 4. The first-order chi connectivity index (χ1) is 9.11. The number of halogens is 2. The maximum absolute atomic E-state index is 13.5. The minimum Gasteiger partial charge on any atom is -0.488 e. The summed E-state index contributed by atoms with van der Waals surface area (Å²) in [5, 5.41) is 0.822. The van der Waals surface area contributed by atoms with E-state index < -0.39 is 0 Å². The molecule has 1 nitrogen and oxygen atoms in total. The summed E-state index contributed by atoms with van der Waals surface area (Å²) < 4.78 is 19.3. The molecular formula is C16H16BrFO. The average molecular weight is 323 g/mol. The van der Waals surface area contributed by atoms with Crippen LogP contribution in [0.4, 0.5) is 4.39 Å². The topological polar surface area (TPSA) is 9.23 Å². The van der Waals surface area contributed by atoms with E-state index in [2.05, 4.69) is 28.1 Å². The number of hydrogen-bond acceptors (Lipinski definition) is 1. The zero-order valence-electron chi connectivity index (χ0n) is 11.0. The molecule has 0 radical (unpaired) electrons. The smallest absolute Gasteiger partial charge is 0.129 e. The van der Waals surface area contributed by atoms with Gasteiger partial charge >= 0.3 is 0 Å². The summed E-state index contributed by atoms with van der Waals surface area (Å²) >= 11 is 3.45. The standard InChI is InChI=1S/C16H16BrFO/c1-11-7-13(9-17)8-12(2)16(11)19-10-14-5-3-4-6-15(14)18/h3-8H,9-10H2,1-2H3. The van der Waals surface area contributed by atoms with E-state index in [0.29, 0.717) is 5.56 Å². The number of hydrogen-bond donors (Lipinski definition) is 0. The summed E-state index contributed by atoms with van der Waals surface area (Å²) in [5.74, 6) is 0.614. The molecule has 0 unspecified atom stereocenters. The van der Waals surface area contributed by atoms with Gasteiger partial charge in [0.1, 0.15) is 18.2 Å². The summed E-state index contributed by atoms with van der Waals surface area (Å²) in [7, 11) is 0. The van der Waals surface area contributed by atoms with Gasteiger partial charge in [0.2, 0.25) is 0 Å². The molecule has 0 atom stereocenters. The Bertz CT molecular complexity index is 558. The van der Waals surface area contributed by atoms with Crippen molar-refractivity contribution in [3.8, 4) is 5.75 Å². The van der Waals surface area contributed by atoms with Gasteiger partial charge in [-0.2, -0.15) is 0 Å². The summed E-state index contributed by atoms with van der Waals surface area (Å²) in [5.41, 5.74) is 3.94. The molecule has 0 aliphatic carbocycles. The Morgan fingerprint density at radius 1 is 1.11 bits per heavy atom. The minimum atomic E-state index is -0.227. The van der Waals surface area contributed by atoms with Gasteiger partial charge in [0.25, 0.3) is 0 Å². The lowest BCUT2D eigenvalue weighted by molar-refractivity contribution is 0.295. The fourth-order valence-corrected chi connectivity index (χ4v) is 2.43. The third-order valence-corrected chi connectivity index (χ3v) is 3.65. The second kappa shape index (κ2) is 6.20. The fraction of sp³-hybridized carbons (Fsp3) is 0.250. The van der Waals surface area contributed by atoms with Gasteiger partial charge in [0.05, 0.1) is 0 Å². The van der Waals surface area contributed by atoms with E-state index in [9.17, 15) is 4.39 Å². The van der Waals surface area contributed by atoms with Crippen LogP contribution in [0.1, 0.15) is 22.3 Å². The Morgan fingerprint density at radius 3 is 2.32 bits per heavy atom. The SMILES string of the molecule is Cc1cc(CBr)cc(C)c1OCc1ccccc1F. The number of alkyl halides is 1. The van der Waals surface area contributed by atoms with Gasteiger partial charge in [0.15, 0.2) is 0 Å². The van der Waals surface area contributed by atoms with Crippen molar-refractivity contribution in [1.29, 1.82) is 0 Å². The van der Waals surface area contributed by atoms with Crippen molar-refractivity contribution in [2.75, 3.05) is 0 Å². The van der Waals surface area contributed by atoms with Gasteiger partial charge < -0.3 is 4.74 Å². The highest BCUT2D eigenvalue weighted by molar-refractivity contribution is 9.08.